The smallest absolute Gasteiger partial charge is 0.458 e. The number of carboxylic acids is 1. The van der Waals surface area contributed by atoms with Crippen molar-refractivity contribution in [1.29, 1.82) is 0 Å². The van der Waals surface area contributed by atoms with Gasteiger partial charge in [0.05, 0.1) is 6.42 Å². The summed E-state index contributed by atoms with van der Waals surface area (Å²) in [6, 6.07) is 3.69. The fourth-order valence-electron chi connectivity index (χ4n) is 2.77. The summed E-state index contributed by atoms with van der Waals surface area (Å²) in [7, 11) is 0. The van der Waals surface area contributed by atoms with E-state index in [9.17, 15) is 41.9 Å². The van der Waals surface area contributed by atoms with Crippen LogP contribution in [0.15, 0.2) is 30.3 Å². The van der Waals surface area contributed by atoms with Crippen molar-refractivity contribution in [3.63, 3.8) is 0 Å². The van der Waals surface area contributed by atoms with Gasteiger partial charge in [0, 0.05) is 0 Å². The molecule has 0 radical (unpaired) electrons. The topological polar surface area (TPSA) is 168 Å². The van der Waals surface area contributed by atoms with Crippen LogP contribution in [0.2, 0.25) is 0 Å². The number of hydrogen-bond donors (Lipinski definition) is 4. The van der Waals surface area contributed by atoms with Gasteiger partial charge >= 0.3 is 24.0 Å². The van der Waals surface area contributed by atoms with Crippen LogP contribution in [-0.4, -0.2) is 64.9 Å². The van der Waals surface area contributed by atoms with E-state index in [0.717, 1.165) is 6.92 Å². The van der Waals surface area contributed by atoms with E-state index in [0.29, 0.717) is 5.56 Å². The first kappa shape index (κ1) is 30.1. The number of halogens is 3. The van der Waals surface area contributed by atoms with Crippen LogP contribution in [0.4, 0.5) is 18.0 Å². The van der Waals surface area contributed by atoms with Crippen molar-refractivity contribution in [2.24, 2.45) is 5.92 Å². The molecule has 0 aliphatic carbocycles. The van der Waals surface area contributed by atoms with E-state index in [-0.39, 0.29) is 6.61 Å². The molecule has 0 saturated carbocycles. The van der Waals surface area contributed by atoms with Gasteiger partial charge in [0.1, 0.15) is 24.7 Å². The Morgan fingerprint density at radius 1 is 0.917 bits per heavy atom. The number of aliphatic carboxylic acids is 1. The molecule has 3 atom stereocenters. The number of ketones is 2. The van der Waals surface area contributed by atoms with Crippen molar-refractivity contribution < 1.29 is 51.8 Å². The Bertz CT molecular complexity index is 983. The first-order valence-electron chi connectivity index (χ1n) is 10.6. The van der Waals surface area contributed by atoms with E-state index in [4.69, 9.17) is 9.84 Å². The summed E-state index contributed by atoms with van der Waals surface area (Å²) in [5.74, 6) is -9.33. The number of nitrogens with one attached hydrogen (secondary N) is 3. The van der Waals surface area contributed by atoms with Crippen LogP contribution in [0, 0.1) is 5.92 Å². The molecule has 198 valence electrons. The number of rotatable bonds is 12. The number of carbonyl (C=O) groups excluding carboxylic acids is 5. The predicted octanol–water partition coefficient (Wildman–Crippen LogP) is 1.10. The molecular formula is C22H26F3N3O8. The average molecular weight is 517 g/mol. The lowest BCUT2D eigenvalue weighted by Gasteiger charge is -2.24. The molecule has 0 fully saturated rings. The Morgan fingerprint density at radius 3 is 2.00 bits per heavy atom. The monoisotopic (exact) mass is 517 g/mol. The van der Waals surface area contributed by atoms with Crippen molar-refractivity contribution in [3.8, 4) is 0 Å². The van der Waals surface area contributed by atoms with Crippen molar-refractivity contribution in [2.45, 2.75) is 58.1 Å². The van der Waals surface area contributed by atoms with Crippen molar-refractivity contribution in [3.05, 3.63) is 35.9 Å². The third-order valence-corrected chi connectivity index (χ3v) is 4.68. The molecule has 36 heavy (non-hydrogen) atoms. The van der Waals surface area contributed by atoms with E-state index < -0.39 is 72.1 Å². The fraction of sp³-hybridized carbons (Fsp3) is 0.455. The van der Waals surface area contributed by atoms with Gasteiger partial charge in [-0.1, -0.05) is 44.2 Å². The van der Waals surface area contributed by atoms with Crippen LogP contribution in [0.1, 0.15) is 32.8 Å². The molecule has 3 amide bonds. The Hall–Kier alpha value is -3.97. The van der Waals surface area contributed by atoms with Crippen molar-refractivity contribution in [1.82, 2.24) is 16.0 Å². The number of alkyl halides is 3. The van der Waals surface area contributed by atoms with Gasteiger partial charge in [0.25, 0.3) is 0 Å². The molecule has 11 nitrogen and oxygen atoms in total. The second kappa shape index (κ2) is 13.2. The third-order valence-electron chi connectivity index (χ3n) is 4.68. The van der Waals surface area contributed by atoms with Crippen LogP contribution < -0.4 is 16.0 Å². The van der Waals surface area contributed by atoms with Crippen LogP contribution in [0.25, 0.3) is 0 Å². The molecule has 1 aromatic rings. The second-order valence-corrected chi connectivity index (χ2v) is 8.01. The number of benzene rings is 1. The minimum Gasteiger partial charge on any atom is -0.481 e. The summed E-state index contributed by atoms with van der Waals surface area (Å²) in [6.07, 6.45) is -7.79. The largest absolute Gasteiger partial charge is 0.481 e. The number of ether oxygens (including phenoxy) is 1. The third kappa shape index (κ3) is 9.72. The van der Waals surface area contributed by atoms with Crippen LogP contribution in [-0.2, 0) is 35.3 Å². The first-order valence-corrected chi connectivity index (χ1v) is 10.6. The average Bonchev–Trinajstić information content (AvgIpc) is 2.79. The predicted molar refractivity (Wildman–Crippen MR) is 116 cm³/mol. The number of amides is 3. The summed E-state index contributed by atoms with van der Waals surface area (Å²) < 4.78 is 42.7. The van der Waals surface area contributed by atoms with Gasteiger partial charge in [0.2, 0.25) is 17.6 Å². The van der Waals surface area contributed by atoms with Gasteiger partial charge < -0.3 is 25.8 Å². The molecule has 1 rings (SSSR count). The van der Waals surface area contributed by atoms with Gasteiger partial charge in [-0.25, -0.2) is 4.79 Å². The molecule has 4 N–H and O–H groups in total. The van der Waals surface area contributed by atoms with Crippen molar-refractivity contribution >= 4 is 35.4 Å². The number of alkyl carbamates (subject to hydrolysis) is 1. The molecule has 0 bridgehead atoms. The maximum atomic E-state index is 12.6. The van der Waals surface area contributed by atoms with E-state index in [1.165, 1.54) is 0 Å². The molecule has 0 aliphatic rings. The molecule has 1 aromatic carbocycles. The Morgan fingerprint density at radius 2 is 1.50 bits per heavy atom. The van der Waals surface area contributed by atoms with Gasteiger partial charge in [-0.3, -0.25) is 24.0 Å². The van der Waals surface area contributed by atoms with Crippen LogP contribution in [0.5, 0.6) is 0 Å². The molecule has 0 saturated heterocycles. The SMILES string of the molecule is CC(C)[C@H](NC(=O)OCc1ccccc1)C(=O)N[C@@H](C)C(=O)N[C@@H](CC(=O)O)C(=O)C(=O)C(F)(F)F. The molecule has 0 aromatic heterocycles. The maximum absolute atomic E-state index is 12.6. The lowest BCUT2D eigenvalue weighted by atomic mass is 10.0. The highest BCUT2D eigenvalue weighted by atomic mass is 19.4. The Balaban J connectivity index is 2.79. The zero-order valence-corrected chi connectivity index (χ0v) is 19.5. The Labute approximate surface area is 203 Å². The lowest BCUT2D eigenvalue weighted by Crippen LogP contribution is -2.57. The first-order chi connectivity index (χ1) is 16.6. The summed E-state index contributed by atoms with van der Waals surface area (Å²) in [6.45, 7) is 4.19. The van der Waals surface area contributed by atoms with Gasteiger partial charge in [0.15, 0.2) is 0 Å². The Kier molecular flexibility index (Phi) is 11.0. The van der Waals surface area contributed by atoms with Gasteiger partial charge in [-0.05, 0) is 18.4 Å². The second-order valence-electron chi connectivity index (χ2n) is 8.01. The lowest BCUT2D eigenvalue weighted by molar-refractivity contribution is -0.175. The van der Waals surface area contributed by atoms with E-state index in [1.807, 2.05) is 0 Å². The summed E-state index contributed by atoms with van der Waals surface area (Å²) in [4.78, 5) is 71.0. The zero-order chi connectivity index (χ0) is 27.6. The molecule has 14 heteroatoms. The van der Waals surface area contributed by atoms with E-state index >= 15 is 0 Å². The summed E-state index contributed by atoms with van der Waals surface area (Å²) in [5.41, 5.74) is 0.693. The molecule has 0 aliphatic heterocycles. The quantitative estimate of drug-likeness (QED) is 0.299. The molecule has 0 heterocycles. The normalized spacial score (nSPS) is 13.6. The zero-order valence-electron chi connectivity index (χ0n) is 19.5. The minimum absolute atomic E-state index is 0.0758. The number of carboxylic acid groups (broad SMARTS) is 1. The highest BCUT2D eigenvalue weighted by Crippen LogP contribution is 2.18. The van der Waals surface area contributed by atoms with E-state index in [2.05, 4.69) is 10.6 Å². The van der Waals surface area contributed by atoms with Gasteiger partial charge in [-0.15, -0.1) is 0 Å². The fourth-order valence-corrected chi connectivity index (χ4v) is 2.77. The van der Waals surface area contributed by atoms with Gasteiger partial charge in [-0.2, -0.15) is 13.2 Å². The summed E-state index contributed by atoms with van der Waals surface area (Å²) >= 11 is 0. The number of Topliss-reactive ketones (excluding diaryl/α,β-unsaturated/α-hetero) is 2. The highest BCUT2D eigenvalue weighted by molar-refractivity contribution is 6.41. The highest BCUT2D eigenvalue weighted by Gasteiger charge is 2.46. The minimum atomic E-state index is -5.57. The standard InChI is InChI=1S/C22H26F3N3O8/c1-11(2)16(28-21(35)36-10-13-7-5-4-6-8-13)20(34)26-12(3)19(33)27-14(9-15(29)30)17(31)18(32)22(23,24)25/h4-8,11-12,14,16H,9-10H2,1-3H3,(H,26,34)(H,27,33)(H,28,35)(H,29,30)/t12-,14-,16-/m0/s1. The molecule has 0 unspecified atom stereocenters. The van der Waals surface area contributed by atoms with Crippen molar-refractivity contribution in [2.75, 3.05) is 0 Å². The van der Waals surface area contributed by atoms with Crippen LogP contribution in [0.3, 0.4) is 0 Å². The summed E-state index contributed by atoms with van der Waals surface area (Å²) in [5, 5.41) is 15.1. The van der Waals surface area contributed by atoms with E-state index in [1.54, 1.807) is 49.5 Å². The number of carbonyl (C=O) groups is 6. The molecule has 0 spiro atoms. The number of hydrogen-bond acceptors (Lipinski definition) is 7. The van der Waals surface area contributed by atoms with Crippen LogP contribution >= 0.6 is 0 Å². The maximum Gasteiger partial charge on any atom is 0.458 e. The molecular weight excluding hydrogens is 491 g/mol.